The first kappa shape index (κ1) is 22.0. The topological polar surface area (TPSA) is 66.0 Å². The molecule has 4 rings (SSSR count). The van der Waals surface area contributed by atoms with E-state index in [-0.39, 0.29) is 17.6 Å². The number of ether oxygens (including phenoxy) is 1. The molecule has 0 spiro atoms. The van der Waals surface area contributed by atoms with E-state index in [2.05, 4.69) is 14.8 Å². The van der Waals surface area contributed by atoms with Crippen LogP contribution >= 0.6 is 0 Å². The molecule has 0 aromatic carbocycles. The fourth-order valence-electron chi connectivity index (χ4n) is 3.21. The molecule has 0 bridgehead atoms. The van der Waals surface area contributed by atoms with E-state index in [0.29, 0.717) is 11.3 Å². The highest BCUT2D eigenvalue weighted by atomic mass is 19.3. The number of rotatable bonds is 4. The maximum absolute atomic E-state index is 12.2. The summed E-state index contributed by atoms with van der Waals surface area (Å²) in [5.41, 5.74) is 6.67. The minimum absolute atomic E-state index is 0.0765. The van der Waals surface area contributed by atoms with Gasteiger partial charge in [-0.25, -0.2) is 9.37 Å². The standard InChI is InChI=1S/C12H14F2N4O.C6H9F.C2H6/c1-7(2)18-4-3-9(17-18)8-5-10(19-12(13)14)11(15)16-6-8;7-6-2-4-1-5(4)3-6;1-2/h3-7,12H,1-2H3,(H2,15,16);4-6H,1-3H2;1-2H3/t;4-,5?,6?;/m.0./s1. The second kappa shape index (κ2) is 9.80. The lowest BCUT2D eigenvalue weighted by Crippen LogP contribution is -2.06. The van der Waals surface area contributed by atoms with Crippen LogP contribution in [0.5, 0.6) is 5.75 Å². The Morgan fingerprint density at radius 3 is 2.29 bits per heavy atom. The van der Waals surface area contributed by atoms with Gasteiger partial charge in [0.25, 0.3) is 0 Å². The van der Waals surface area contributed by atoms with Crippen molar-refractivity contribution in [3.63, 3.8) is 0 Å². The average molecular weight is 398 g/mol. The molecule has 2 saturated carbocycles. The molecule has 2 N–H and O–H groups in total. The lowest BCUT2D eigenvalue weighted by atomic mass is 10.2. The van der Waals surface area contributed by atoms with E-state index in [1.807, 2.05) is 33.9 Å². The van der Waals surface area contributed by atoms with Gasteiger partial charge in [0.2, 0.25) is 0 Å². The molecule has 2 fully saturated rings. The summed E-state index contributed by atoms with van der Waals surface area (Å²) >= 11 is 0. The van der Waals surface area contributed by atoms with Crippen LogP contribution in [0.1, 0.15) is 53.0 Å². The number of hydrogen-bond donors (Lipinski definition) is 1. The molecular weight excluding hydrogens is 369 g/mol. The molecule has 2 aromatic rings. The number of aromatic nitrogens is 3. The van der Waals surface area contributed by atoms with Crippen LogP contribution in [0.3, 0.4) is 0 Å². The number of anilines is 1. The van der Waals surface area contributed by atoms with Crippen molar-refractivity contribution in [2.45, 2.75) is 65.8 Å². The second-order valence-corrected chi connectivity index (χ2v) is 7.09. The lowest BCUT2D eigenvalue weighted by molar-refractivity contribution is -0.0494. The van der Waals surface area contributed by atoms with Crippen LogP contribution in [0.25, 0.3) is 11.3 Å². The Kier molecular flexibility index (Phi) is 7.71. The molecule has 2 aromatic heterocycles. The van der Waals surface area contributed by atoms with E-state index in [1.165, 1.54) is 18.7 Å². The Hall–Kier alpha value is -2.25. The molecule has 0 aliphatic heterocycles. The van der Waals surface area contributed by atoms with Crippen molar-refractivity contribution in [3.8, 4) is 17.0 Å². The smallest absolute Gasteiger partial charge is 0.387 e. The van der Waals surface area contributed by atoms with Crippen LogP contribution in [0.4, 0.5) is 19.0 Å². The van der Waals surface area contributed by atoms with Crippen LogP contribution in [0.15, 0.2) is 24.5 Å². The molecular formula is C20H29F3N4O. The third kappa shape index (κ3) is 5.87. The van der Waals surface area contributed by atoms with Crippen molar-refractivity contribution in [2.75, 3.05) is 5.73 Å². The summed E-state index contributed by atoms with van der Waals surface area (Å²) in [4.78, 5) is 3.83. The molecule has 28 heavy (non-hydrogen) atoms. The normalized spacial score (nSPS) is 22.1. The number of hydrogen-bond acceptors (Lipinski definition) is 4. The molecule has 8 heteroatoms. The van der Waals surface area contributed by atoms with Gasteiger partial charge in [0.15, 0.2) is 11.6 Å². The maximum atomic E-state index is 12.2. The molecule has 2 aliphatic carbocycles. The van der Waals surface area contributed by atoms with Crippen molar-refractivity contribution in [1.82, 2.24) is 14.8 Å². The molecule has 2 unspecified atom stereocenters. The van der Waals surface area contributed by atoms with E-state index in [9.17, 15) is 13.2 Å². The van der Waals surface area contributed by atoms with Crippen molar-refractivity contribution in [1.29, 1.82) is 0 Å². The Labute approximate surface area is 164 Å². The number of pyridine rings is 1. The van der Waals surface area contributed by atoms with Crippen LogP contribution in [0.2, 0.25) is 0 Å². The maximum Gasteiger partial charge on any atom is 0.387 e. The van der Waals surface area contributed by atoms with Crippen molar-refractivity contribution < 1.29 is 17.9 Å². The summed E-state index contributed by atoms with van der Waals surface area (Å²) in [5.74, 6) is 1.41. The van der Waals surface area contributed by atoms with Gasteiger partial charge in [-0.1, -0.05) is 13.8 Å². The van der Waals surface area contributed by atoms with Crippen LogP contribution in [-0.2, 0) is 0 Å². The number of alkyl halides is 3. The SMILES string of the molecule is CC.CC(C)n1ccc(-c2cnc(N)c(OC(F)F)c2)n1.FC1CC2C[C@H]2C1. The molecule has 3 atom stereocenters. The summed E-state index contributed by atoms with van der Waals surface area (Å²) in [7, 11) is 0. The summed E-state index contributed by atoms with van der Waals surface area (Å²) in [6, 6.07) is 3.40. The van der Waals surface area contributed by atoms with Gasteiger partial charge in [0, 0.05) is 24.0 Å². The van der Waals surface area contributed by atoms with E-state index < -0.39 is 12.8 Å². The van der Waals surface area contributed by atoms with Gasteiger partial charge in [-0.3, -0.25) is 4.68 Å². The molecule has 2 aliphatic rings. The summed E-state index contributed by atoms with van der Waals surface area (Å²) in [6.45, 7) is 5.04. The van der Waals surface area contributed by atoms with Gasteiger partial charge in [-0.15, -0.1) is 0 Å². The predicted molar refractivity (Wildman–Crippen MR) is 104 cm³/mol. The zero-order valence-electron chi connectivity index (χ0n) is 16.8. The first-order chi connectivity index (χ1) is 13.3. The Morgan fingerprint density at radius 1 is 1.18 bits per heavy atom. The van der Waals surface area contributed by atoms with E-state index in [0.717, 1.165) is 24.7 Å². The predicted octanol–water partition coefficient (Wildman–Crippen LogP) is 5.49. The van der Waals surface area contributed by atoms with E-state index in [1.54, 1.807) is 10.7 Å². The highest BCUT2D eigenvalue weighted by molar-refractivity contribution is 5.63. The fraction of sp³-hybridized carbons (Fsp3) is 0.600. The molecule has 0 amide bonds. The van der Waals surface area contributed by atoms with Gasteiger partial charge >= 0.3 is 6.61 Å². The van der Waals surface area contributed by atoms with Crippen LogP contribution in [0, 0.1) is 11.8 Å². The van der Waals surface area contributed by atoms with Gasteiger partial charge in [0.05, 0.1) is 5.69 Å². The van der Waals surface area contributed by atoms with Crippen molar-refractivity contribution >= 4 is 5.82 Å². The first-order valence-corrected chi connectivity index (χ1v) is 9.73. The first-order valence-electron chi connectivity index (χ1n) is 9.73. The molecule has 5 nitrogen and oxygen atoms in total. The Balaban J connectivity index is 0.000000255. The summed E-state index contributed by atoms with van der Waals surface area (Å²) < 4.78 is 42.7. The fourth-order valence-corrected chi connectivity index (χ4v) is 3.21. The third-order valence-electron chi connectivity index (χ3n) is 4.72. The molecule has 2 heterocycles. The molecule has 0 radical (unpaired) electrons. The van der Waals surface area contributed by atoms with E-state index >= 15 is 0 Å². The number of fused-ring (bicyclic) bond motifs is 1. The van der Waals surface area contributed by atoms with Gasteiger partial charge in [-0.05, 0) is 57.1 Å². The van der Waals surface area contributed by atoms with Crippen molar-refractivity contribution in [2.24, 2.45) is 11.8 Å². The minimum atomic E-state index is -2.94. The molecule has 0 saturated heterocycles. The van der Waals surface area contributed by atoms with Gasteiger partial charge in [-0.2, -0.15) is 13.9 Å². The number of nitrogens with two attached hydrogens (primary N) is 1. The van der Waals surface area contributed by atoms with Gasteiger partial charge < -0.3 is 10.5 Å². The van der Waals surface area contributed by atoms with Crippen molar-refractivity contribution in [3.05, 3.63) is 24.5 Å². The summed E-state index contributed by atoms with van der Waals surface area (Å²) in [6.07, 6.45) is 5.95. The quantitative estimate of drug-likeness (QED) is 0.739. The van der Waals surface area contributed by atoms with Crippen LogP contribution in [-0.4, -0.2) is 27.5 Å². The second-order valence-electron chi connectivity index (χ2n) is 7.09. The Morgan fingerprint density at radius 2 is 1.82 bits per heavy atom. The largest absolute Gasteiger partial charge is 0.431 e. The third-order valence-corrected chi connectivity index (χ3v) is 4.72. The number of nitrogen functional groups attached to an aromatic ring is 1. The zero-order chi connectivity index (χ0) is 20.8. The van der Waals surface area contributed by atoms with E-state index in [4.69, 9.17) is 5.73 Å². The average Bonchev–Trinajstić information content (AvgIpc) is 3.07. The van der Waals surface area contributed by atoms with Gasteiger partial charge in [0.1, 0.15) is 6.17 Å². The lowest BCUT2D eigenvalue weighted by Gasteiger charge is -2.08. The van der Waals surface area contributed by atoms with Crippen LogP contribution < -0.4 is 10.5 Å². The highest BCUT2D eigenvalue weighted by Gasteiger charge is 2.45. The molecule has 156 valence electrons. The minimum Gasteiger partial charge on any atom is -0.431 e. The number of nitrogens with zero attached hydrogens (tertiary/aromatic N) is 3. The number of halogens is 3. The highest BCUT2D eigenvalue weighted by Crippen LogP contribution is 2.52. The Bertz CT molecular complexity index is 741. The monoisotopic (exact) mass is 398 g/mol. The summed E-state index contributed by atoms with van der Waals surface area (Å²) in [5, 5.41) is 4.32. The zero-order valence-corrected chi connectivity index (χ0v) is 16.8.